The highest BCUT2D eigenvalue weighted by molar-refractivity contribution is 5.95. The molecule has 0 saturated carbocycles. The Labute approximate surface area is 97.0 Å². The van der Waals surface area contributed by atoms with Gasteiger partial charge in [-0.2, -0.15) is 13.2 Å². The monoisotopic (exact) mass is 251 g/mol. The average Bonchev–Trinajstić information content (AvgIpc) is 2.26. The van der Waals surface area contributed by atoms with Crippen molar-refractivity contribution >= 4 is 5.78 Å². The number of carbonyl (C=O) groups is 1. The minimum Gasteiger partial charge on any atom is -0.367 e. The third-order valence-electron chi connectivity index (χ3n) is 2.67. The quantitative estimate of drug-likeness (QED) is 0.722. The van der Waals surface area contributed by atoms with Gasteiger partial charge in [0, 0.05) is 11.8 Å². The van der Waals surface area contributed by atoms with Crippen LogP contribution in [0.1, 0.15) is 27.7 Å². The molecule has 97 valence electrons. The zero-order chi connectivity index (χ0) is 13.6. The molecule has 1 aliphatic rings. The van der Waals surface area contributed by atoms with E-state index in [-0.39, 0.29) is 5.70 Å². The van der Waals surface area contributed by atoms with Crippen LogP contribution in [-0.2, 0) is 10.0 Å². The molecule has 0 bridgehead atoms. The molecule has 1 saturated heterocycles. The summed E-state index contributed by atoms with van der Waals surface area (Å²) in [5.41, 5.74) is -2.26. The summed E-state index contributed by atoms with van der Waals surface area (Å²) in [5, 5.41) is 15.1. The van der Waals surface area contributed by atoms with Gasteiger partial charge in [-0.1, -0.05) is 0 Å². The molecule has 0 spiro atoms. The van der Waals surface area contributed by atoms with Crippen molar-refractivity contribution in [3.05, 3.63) is 11.8 Å². The van der Waals surface area contributed by atoms with Gasteiger partial charge in [0.15, 0.2) is 0 Å². The van der Waals surface area contributed by atoms with Gasteiger partial charge in [0.2, 0.25) is 0 Å². The smallest absolute Gasteiger partial charge is 0.367 e. The first-order chi connectivity index (χ1) is 7.39. The van der Waals surface area contributed by atoms with Crippen molar-refractivity contribution in [3.8, 4) is 0 Å². The molecule has 1 aliphatic heterocycles. The second-order valence-corrected chi connectivity index (χ2v) is 4.96. The maximum atomic E-state index is 12.1. The lowest BCUT2D eigenvalue weighted by molar-refractivity contribution is -0.243. The van der Waals surface area contributed by atoms with E-state index >= 15 is 0 Å². The third kappa shape index (κ3) is 2.44. The summed E-state index contributed by atoms with van der Waals surface area (Å²) in [6.45, 7) is 5.97. The zero-order valence-corrected chi connectivity index (χ0v) is 9.97. The molecule has 0 amide bonds. The fourth-order valence-corrected chi connectivity index (χ4v) is 1.77. The molecule has 0 atom stereocenters. The highest BCUT2D eigenvalue weighted by Gasteiger charge is 2.50. The first-order valence-corrected chi connectivity index (χ1v) is 4.98. The van der Waals surface area contributed by atoms with Crippen molar-refractivity contribution in [2.24, 2.45) is 0 Å². The molecule has 1 radical (unpaired) electrons. The van der Waals surface area contributed by atoms with Crippen LogP contribution in [0.5, 0.6) is 0 Å². The van der Waals surface area contributed by atoms with Gasteiger partial charge in [-0.25, -0.2) is 0 Å². The van der Waals surface area contributed by atoms with Crippen molar-refractivity contribution in [2.45, 2.75) is 45.1 Å². The first kappa shape index (κ1) is 14.0. The lowest BCUT2D eigenvalue weighted by Gasteiger charge is -2.29. The number of allylic oxidation sites excluding steroid dienone is 1. The Morgan fingerprint density at radius 3 is 2.06 bits per heavy atom. The standard InChI is InChI=1S/C10H14F3N2O2/c1-8(2)6(5-7(16)10(11,12)13)14-9(3,4)15(8)17/h5,14H,1-4H3. The number of ketones is 1. The van der Waals surface area contributed by atoms with Gasteiger partial charge >= 0.3 is 6.18 Å². The van der Waals surface area contributed by atoms with Gasteiger partial charge in [0.25, 0.3) is 5.78 Å². The van der Waals surface area contributed by atoms with Crippen LogP contribution in [0.2, 0.25) is 0 Å². The normalized spacial score (nSPS) is 26.0. The summed E-state index contributed by atoms with van der Waals surface area (Å²) in [6.07, 6.45) is -4.48. The summed E-state index contributed by atoms with van der Waals surface area (Å²) in [6, 6.07) is 0. The van der Waals surface area contributed by atoms with Gasteiger partial charge < -0.3 is 5.32 Å². The van der Waals surface area contributed by atoms with Crippen LogP contribution in [0.4, 0.5) is 13.2 Å². The molecule has 17 heavy (non-hydrogen) atoms. The van der Waals surface area contributed by atoms with E-state index in [2.05, 4.69) is 5.32 Å². The predicted octanol–water partition coefficient (Wildman–Crippen LogP) is 1.77. The van der Waals surface area contributed by atoms with E-state index in [0.717, 1.165) is 0 Å². The van der Waals surface area contributed by atoms with Gasteiger partial charge in [-0.05, 0) is 27.7 Å². The highest BCUT2D eigenvalue weighted by Crippen LogP contribution is 2.35. The summed E-state index contributed by atoms with van der Waals surface area (Å²) in [4.78, 5) is 10.9. The number of carbonyl (C=O) groups excluding carboxylic acids is 1. The number of hydroxylamine groups is 2. The highest BCUT2D eigenvalue weighted by atomic mass is 19.4. The second-order valence-electron chi connectivity index (χ2n) is 4.96. The number of hydrogen-bond donors (Lipinski definition) is 1. The Bertz CT molecular complexity index is 372. The molecule has 0 aromatic heterocycles. The molecule has 0 aliphatic carbocycles. The SMILES string of the molecule is CC1(C)NC(=CC(=O)C(F)(F)F)C(C)(C)N1[O]. The zero-order valence-electron chi connectivity index (χ0n) is 9.97. The van der Waals surface area contributed by atoms with Gasteiger partial charge in [0.05, 0.1) is 5.54 Å². The molecule has 0 aromatic rings. The van der Waals surface area contributed by atoms with E-state index in [1.807, 2.05) is 0 Å². The number of halogens is 3. The topological polar surface area (TPSA) is 52.2 Å². The van der Waals surface area contributed by atoms with Crippen LogP contribution in [0.3, 0.4) is 0 Å². The summed E-state index contributed by atoms with van der Waals surface area (Å²) >= 11 is 0. The molecule has 1 N–H and O–H groups in total. The first-order valence-electron chi connectivity index (χ1n) is 4.98. The average molecular weight is 251 g/mol. The number of rotatable bonds is 1. The van der Waals surface area contributed by atoms with Crippen molar-refractivity contribution in [2.75, 3.05) is 0 Å². The molecular weight excluding hydrogens is 237 g/mol. The molecule has 0 aromatic carbocycles. The number of nitrogens with one attached hydrogen (secondary N) is 1. The Morgan fingerprint density at radius 2 is 1.76 bits per heavy atom. The number of alkyl halides is 3. The van der Waals surface area contributed by atoms with Crippen LogP contribution in [0.15, 0.2) is 11.8 Å². The van der Waals surface area contributed by atoms with Crippen LogP contribution >= 0.6 is 0 Å². The maximum Gasteiger partial charge on any atom is 0.454 e. The lowest BCUT2D eigenvalue weighted by Crippen LogP contribution is -2.47. The predicted molar refractivity (Wildman–Crippen MR) is 53.0 cm³/mol. The van der Waals surface area contributed by atoms with Gasteiger partial charge in [0.1, 0.15) is 5.66 Å². The molecule has 0 unspecified atom stereocenters. The lowest BCUT2D eigenvalue weighted by atomic mass is 10.0. The van der Waals surface area contributed by atoms with Gasteiger partial charge in [-0.3, -0.25) is 4.79 Å². The molecule has 1 fully saturated rings. The van der Waals surface area contributed by atoms with Crippen LogP contribution in [-0.4, -0.2) is 28.2 Å². The van der Waals surface area contributed by atoms with Crippen LogP contribution < -0.4 is 5.32 Å². The van der Waals surface area contributed by atoms with Gasteiger partial charge in [-0.15, -0.1) is 10.3 Å². The van der Waals surface area contributed by atoms with E-state index in [1.165, 1.54) is 27.7 Å². The van der Waals surface area contributed by atoms with E-state index in [9.17, 15) is 23.2 Å². The summed E-state index contributed by atoms with van der Waals surface area (Å²) in [5.74, 6) is -1.97. The summed E-state index contributed by atoms with van der Waals surface area (Å²) in [7, 11) is 0. The van der Waals surface area contributed by atoms with E-state index in [4.69, 9.17) is 0 Å². The molecule has 7 heteroatoms. The largest absolute Gasteiger partial charge is 0.454 e. The minimum absolute atomic E-state index is 0.0279. The fourth-order valence-electron chi connectivity index (χ4n) is 1.77. The Morgan fingerprint density at radius 1 is 1.29 bits per heavy atom. The molecule has 4 nitrogen and oxygen atoms in total. The minimum atomic E-state index is -4.93. The fraction of sp³-hybridized carbons (Fsp3) is 0.700. The Balaban J connectivity index is 3.09. The van der Waals surface area contributed by atoms with Crippen LogP contribution in [0, 0.1) is 0 Å². The van der Waals surface area contributed by atoms with E-state index < -0.39 is 23.2 Å². The van der Waals surface area contributed by atoms with E-state index in [1.54, 1.807) is 0 Å². The third-order valence-corrected chi connectivity index (χ3v) is 2.67. The van der Waals surface area contributed by atoms with Crippen molar-refractivity contribution in [3.63, 3.8) is 0 Å². The maximum absolute atomic E-state index is 12.1. The second kappa shape index (κ2) is 3.71. The van der Waals surface area contributed by atoms with Crippen molar-refractivity contribution < 1.29 is 23.2 Å². The Hall–Kier alpha value is -1.08. The number of nitrogens with zero attached hydrogens (tertiary/aromatic N) is 1. The van der Waals surface area contributed by atoms with Crippen LogP contribution in [0.25, 0.3) is 0 Å². The van der Waals surface area contributed by atoms with Crippen molar-refractivity contribution in [1.82, 2.24) is 10.4 Å². The number of hydrogen-bond acceptors (Lipinski definition) is 3. The molecule has 1 heterocycles. The van der Waals surface area contributed by atoms with Crippen molar-refractivity contribution in [1.29, 1.82) is 0 Å². The molecular formula is C10H14F3N2O2. The van der Waals surface area contributed by atoms with E-state index in [0.29, 0.717) is 11.1 Å². The summed E-state index contributed by atoms with van der Waals surface area (Å²) < 4.78 is 36.4. The Kier molecular flexibility index (Phi) is 3.05. The molecule has 1 rings (SSSR count).